The first-order chi connectivity index (χ1) is 14.0. The molecule has 0 amide bonds. The Morgan fingerprint density at radius 3 is 2.07 bits per heavy atom. The van der Waals surface area contributed by atoms with Crippen LogP contribution in [0, 0.1) is 29.6 Å². The minimum absolute atomic E-state index is 0.0638. The quantitative estimate of drug-likeness (QED) is 0.244. The van der Waals surface area contributed by atoms with Crippen molar-refractivity contribution in [3.63, 3.8) is 0 Å². The van der Waals surface area contributed by atoms with Crippen molar-refractivity contribution in [1.82, 2.24) is 0 Å². The third kappa shape index (κ3) is 8.66. The van der Waals surface area contributed by atoms with Crippen LogP contribution < -0.4 is 0 Å². The van der Waals surface area contributed by atoms with Gasteiger partial charge in [-0.05, 0) is 88.9 Å². The van der Waals surface area contributed by atoms with E-state index in [0.29, 0.717) is 12.2 Å². The van der Waals surface area contributed by atoms with Crippen molar-refractivity contribution in [3.8, 4) is 0 Å². The van der Waals surface area contributed by atoms with Crippen molar-refractivity contribution in [1.29, 1.82) is 0 Å². The molecule has 2 fully saturated rings. The molecule has 0 aromatic rings. The van der Waals surface area contributed by atoms with Crippen LogP contribution >= 0.6 is 0 Å². The van der Waals surface area contributed by atoms with Crippen molar-refractivity contribution < 1.29 is 14.6 Å². The van der Waals surface area contributed by atoms with Gasteiger partial charge in [0.05, 0.1) is 6.61 Å². The molecule has 0 spiro atoms. The van der Waals surface area contributed by atoms with Crippen LogP contribution in [0.2, 0.25) is 0 Å². The van der Waals surface area contributed by atoms with Crippen LogP contribution in [0.25, 0.3) is 0 Å². The van der Waals surface area contributed by atoms with Crippen molar-refractivity contribution in [2.45, 2.75) is 90.9 Å². The van der Waals surface area contributed by atoms with Gasteiger partial charge in [0.1, 0.15) is 0 Å². The van der Waals surface area contributed by atoms with Gasteiger partial charge in [0, 0.05) is 18.1 Å². The highest BCUT2D eigenvalue weighted by Gasteiger charge is 2.30. The maximum Gasteiger partial charge on any atom is 0.333 e. The van der Waals surface area contributed by atoms with Crippen LogP contribution in [0.5, 0.6) is 0 Å². The summed E-state index contributed by atoms with van der Waals surface area (Å²) in [6.07, 6.45) is 20.5. The van der Waals surface area contributed by atoms with Gasteiger partial charge in [-0.1, -0.05) is 44.4 Å². The molecule has 2 rings (SSSR count). The van der Waals surface area contributed by atoms with E-state index < -0.39 is 0 Å². The number of rotatable bonds is 11. The molecule has 0 radical (unpaired) electrons. The number of carbonyl (C=O) groups excluding carboxylic acids is 1. The number of hydrogen-bond acceptors (Lipinski definition) is 3. The standard InChI is InChI=1S/C26H44O3/c1-4-5-6-7-21-10-14-24(15-11-21)25-16-12-22(13-17-25)8-9-23(18-27)19-29-26(28)20(2)3/h4-5,21-25,27H,2,6-19H2,1,3H3/b5-4+. The summed E-state index contributed by atoms with van der Waals surface area (Å²) in [7, 11) is 0. The van der Waals surface area contributed by atoms with Gasteiger partial charge < -0.3 is 9.84 Å². The molecule has 0 saturated heterocycles. The van der Waals surface area contributed by atoms with Gasteiger partial charge in [-0.15, -0.1) is 0 Å². The predicted octanol–water partition coefficient (Wildman–Crippen LogP) is 6.46. The summed E-state index contributed by atoms with van der Waals surface area (Å²) in [4.78, 5) is 11.5. The van der Waals surface area contributed by atoms with E-state index in [1.54, 1.807) is 6.92 Å². The van der Waals surface area contributed by atoms with Crippen molar-refractivity contribution in [2.75, 3.05) is 13.2 Å². The number of carbonyl (C=O) groups is 1. The van der Waals surface area contributed by atoms with Gasteiger partial charge in [-0.3, -0.25) is 0 Å². The van der Waals surface area contributed by atoms with E-state index in [-0.39, 0.29) is 18.5 Å². The summed E-state index contributed by atoms with van der Waals surface area (Å²) in [5.41, 5.74) is 0.423. The lowest BCUT2D eigenvalue weighted by atomic mass is 9.68. The zero-order chi connectivity index (χ0) is 21.1. The largest absolute Gasteiger partial charge is 0.462 e. The second-order valence-corrected chi connectivity index (χ2v) is 9.71. The predicted molar refractivity (Wildman–Crippen MR) is 121 cm³/mol. The van der Waals surface area contributed by atoms with E-state index in [1.807, 2.05) is 0 Å². The molecule has 1 N–H and O–H groups in total. The maximum atomic E-state index is 11.5. The van der Waals surface area contributed by atoms with Gasteiger partial charge in [-0.25, -0.2) is 4.79 Å². The van der Waals surface area contributed by atoms with E-state index in [0.717, 1.165) is 36.5 Å². The van der Waals surface area contributed by atoms with Crippen molar-refractivity contribution in [2.24, 2.45) is 29.6 Å². The van der Waals surface area contributed by atoms with Crippen LogP contribution in [-0.2, 0) is 9.53 Å². The summed E-state index contributed by atoms with van der Waals surface area (Å²) in [6.45, 7) is 7.79. The van der Waals surface area contributed by atoms with Crippen LogP contribution in [-0.4, -0.2) is 24.3 Å². The third-order valence-corrected chi connectivity index (χ3v) is 7.47. The number of ether oxygens (including phenoxy) is 1. The molecular formula is C26H44O3. The summed E-state index contributed by atoms with van der Waals surface area (Å²) in [5.74, 6) is 3.39. The average molecular weight is 405 g/mol. The number of aliphatic hydroxyl groups is 1. The Bertz CT molecular complexity index is 508. The van der Waals surface area contributed by atoms with Crippen LogP contribution in [0.1, 0.15) is 90.9 Å². The van der Waals surface area contributed by atoms with E-state index >= 15 is 0 Å². The minimum atomic E-state index is -0.347. The van der Waals surface area contributed by atoms with Gasteiger partial charge in [0.25, 0.3) is 0 Å². The first-order valence-electron chi connectivity index (χ1n) is 12.1. The van der Waals surface area contributed by atoms with Crippen LogP contribution in [0.3, 0.4) is 0 Å². The molecule has 0 aromatic carbocycles. The molecule has 3 nitrogen and oxygen atoms in total. The third-order valence-electron chi connectivity index (χ3n) is 7.47. The number of aliphatic hydroxyl groups excluding tert-OH is 1. The molecule has 2 saturated carbocycles. The summed E-state index contributed by atoms with van der Waals surface area (Å²) < 4.78 is 5.23. The van der Waals surface area contributed by atoms with Crippen LogP contribution in [0.4, 0.5) is 0 Å². The van der Waals surface area contributed by atoms with E-state index in [4.69, 9.17) is 4.74 Å². The fourth-order valence-corrected chi connectivity index (χ4v) is 5.41. The summed E-state index contributed by atoms with van der Waals surface area (Å²) >= 11 is 0. The molecular weight excluding hydrogens is 360 g/mol. The smallest absolute Gasteiger partial charge is 0.333 e. The first-order valence-corrected chi connectivity index (χ1v) is 12.1. The molecule has 166 valence electrons. The molecule has 3 heteroatoms. The second kappa shape index (κ2) is 13.3. The number of allylic oxidation sites excluding steroid dienone is 2. The normalized spacial score (nSPS) is 28.9. The van der Waals surface area contributed by atoms with Gasteiger partial charge in [0.2, 0.25) is 0 Å². The second-order valence-electron chi connectivity index (χ2n) is 9.71. The Morgan fingerprint density at radius 1 is 1.03 bits per heavy atom. The highest BCUT2D eigenvalue weighted by molar-refractivity contribution is 5.86. The van der Waals surface area contributed by atoms with E-state index in [1.165, 1.54) is 64.2 Å². The lowest BCUT2D eigenvalue weighted by Gasteiger charge is -2.38. The molecule has 0 heterocycles. The summed E-state index contributed by atoms with van der Waals surface area (Å²) in [5, 5.41) is 9.59. The highest BCUT2D eigenvalue weighted by atomic mass is 16.5. The van der Waals surface area contributed by atoms with Crippen molar-refractivity contribution in [3.05, 3.63) is 24.3 Å². The Hall–Kier alpha value is -1.09. The molecule has 2 aliphatic rings. The SMILES string of the molecule is C=C(C)C(=O)OCC(CO)CCC1CCC(C2CCC(CC/C=C/C)CC2)CC1. The van der Waals surface area contributed by atoms with E-state index in [9.17, 15) is 9.90 Å². The Balaban J connectivity index is 1.61. The molecule has 0 aromatic heterocycles. The Morgan fingerprint density at radius 2 is 1.59 bits per heavy atom. The molecule has 29 heavy (non-hydrogen) atoms. The fourth-order valence-electron chi connectivity index (χ4n) is 5.41. The topological polar surface area (TPSA) is 46.5 Å². The number of esters is 1. The van der Waals surface area contributed by atoms with Gasteiger partial charge in [0.15, 0.2) is 0 Å². The lowest BCUT2D eigenvalue weighted by molar-refractivity contribution is -0.140. The fraction of sp³-hybridized carbons (Fsp3) is 0.808. The zero-order valence-electron chi connectivity index (χ0n) is 18.9. The summed E-state index contributed by atoms with van der Waals surface area (Å²) in [6, 6.07) is 0. The Labute approximate surface area is 179 Å². The van der Waals surface area contributed by atoms with Crippen molar-refractivity contribution >= 4 is 5.97 Å². The number of hydrogen-bond donors (Lipinski definition) is 1. The molecule has 0 bridgehead atoms. The van der Waals surface area contributed by atoms with E-state index in [2.05, 4.69) is 25.7 Å². The van der Waals surface area contributed by atoms with Crippen LogP contribution in [0.15, 0.2) is 24.3 Å². The lowest BCUT2D eigenvalue weighted by Crippen LogP contribution is -2.26. The maximum absolute atomic E-state index is 11.5. The molecule has 0 aliphatic heterocycles. The minimum Gasteiger partial charge on any atom is -0.462 e. The molecule has 1 atom stereocenters. The molecule has 1 unspecified atom stereocenters. The highest BCUT2D eigenvalue weighted by Crippen LogP contribution is 2.43. The zero-order valence-corrected chi connectivity index (χ0v) is 18.9. The van der Waals surface area contributed by atoms with Gasteiger partial charge in [-0.2, -0.15) is 0 Å². The first kappa shape index (κ1) is 24.2. The average Bonchev–Trinajstić information content (AvgIpc) is 2.74. The molecule has 2 aliphatic carbocycles. The monoisotopic (exact) mass is 404 g/mol. The Kier molecular flexibility index (Phi) is 11.1. The van der Waals surface area contributed by atoms with Gasteiger partial charge >= 0.3 is 5.97 Å².